The van der Waals surface area contributed by atoms with Crippen molar-refractivity contribution in [1.82, 2.24) is 15.3 Å². The summed E-state index contributed by atoms with van der Waals surface area (Å²) < 4.78 is 6.20. The fourth-order valence-corrected chi connectivity index (χ4v) is 3.33. The molecular weight excluding hydrogens is 238 g/mol. The molecule has 0 radical (unpaired) electrons. The molecule has 2 heterocycles. The van der Waals surface area contributed by atoms with Crippen molar-refractivity contribution in [2.75, 3.05) is 7.05 Å². The summed E-state index contributed by atoms with van der Waals surface area (Å²) in [5, 5.41) is 3.41. The number of ether oxygens (including phenoxy) is 1. The normalized spacial score (nSPS) is 26.3. The highest BCUT2D eigenvalue weighted by Crippen LogP contribution is 2.47. The lowest BCUT2D eigenvalue weighted by Crippen LogP contribution is -2.37. The Balaban J connectivity index is 2.32. The zero-order chi connectivity index (χ0) is 14.3. The fourth-order valence-electron chi connectivity index (χ4n) is 3.33. The summed E-state index contributed by atoms with van der Waals surface area (Å²) in [6.07, 6.45) is 2.85. The fraction of sp³-hybridized carbons (Fsp3) is 0.733. The van der Waals surface area contributed by atoms with E-state index < -0.39 is 0 Å². The maximum absolute atomic E-state index is 6.20. The monoisotopic (exact) mass is 263 g/mol. The van der Waals surface area contributed by atoms with Crippen molar-refractivity contribution >= 4 is 0 Å². The summed E-state index contributed by atoms with van der Waals surface area (Å²) in [6.45, 7) is 10.6. The molecular formula is C15H25N3O. The van der Waals surface area contributed by atoms with Gasteiger partial charge in [0.2, 0.25) is 0 Å². The van der Waals surface area contributed by atoms with E-state index in [-0.39, 0.29) is 17.2 Å². The molecule has 1 N–H and O–H groups in total. The third kappa shape index (κ3) is 2.95. The topological polar surface area (TPSA) is 47.0 Å². The largest absolute Gasteiger partial charge is 0.369 e. The summed E-state index contributed by atoms with van der Waals surface area (Å²) in [5.41, 5.74) is 0.816. The van der Waals surface area contributed by atoms with Crippen LogP contribution in [0.4, 0.5) is 0 Å². The highest BCUT2D eigenvalue weighted by atomic mass is 16.5. The third-order valence-corrected chi connectivity index (χ3v) is 3.97. The number of nitrogens with zero attached hydrogens (tertiary/aromatic N) is 2. The van der Waals surface area contributed by atoms with Crippen molar-refractivity contribution < 1.29 is 4.74 Å². The zero-order valence-electron chi connectivity index (χ0n) is 12.8. The van der Waals surface area contributed by atoms with Gasteiger partial charge in [-0.25, -0.2) is 9.97 Å². The van der Waals surface area contributed by atoms with Crippen LogP contribution in [-0.2, 0) is 4.74 Å². The molecule has 0 amide bonds. The predicted octanol–water partition coefficient (Wildman–Crippen LogP) is 2.64. The van der Waals surface area contributed by atoms with E-state index in [1.165, 1.54) is 0 Å². The van der Waals surface area contributed by atoms with Gasteiger partial charge < -0.3 is 10.1 Å². The first-order valence-electron chi connectivity index (χ1n) is 6.92. The summed E-state index contributed by atoms with van der Waals surface area (Å²) in [7, 11) is 1.99. The van der Waals surface area contributed by atoms with E-state index in [1.54, 1.807) is 0 Å². The van der Waals surface area contributed by atoms with Crippen molar-refractivity contribution in [3.63, 3.8) is 0 Å². The number of rotatable bonds is 3. The van der Waals surface area contributed by atoms with Crippen LogP contribution < -0.4 is 5.32 Å². The standard InChI is InChI=1S/C15H25N3O/c1-10-17-8-7-12(18-10)13(16-6)11-9-14(2,3)19-15(11,4)5/h7-8,11,13,16H,9H2,1-6H3. The quantitative estimate of drug-likeness (QED) is 0.910. The van der Waals surface area contributed by atoms with Crippen LogP contribution in [0.3, 0.4) is 0 Å². The molecule has 2 unspecified atom stereocenters. The van der Waals surface area contributed by atoms with Crippen molar-refractivity contribution in [2.45, 2.75) is 58.3 Å². The molecule has 0 saturated carbocycles. The van der Waals surface area contributed by atoms with Gasteiger partial charge in [0.15, 0.2) is 0 Å². The van der Waals surface area contributed by atoms with E-state index >= 15 is 0 Å². The summed E-state index contributed by atoms with van der Waals surface area (Å²) in [6, 6.07) is 2.19. The van der Waals surface area contributed by atoms with E-state index in [2.05, 4.69) is 43.0 Å². The van der Waals surface area contributed by atoms with Gasteiger partial charge in [-0.2, -0.15) is 0 Å². The molecule has 0 bridgehead atoms. The molecule has 4 nitrogen and oxygen atoms in total. The Bertz CT molecular complexity index is 456. The number of aryl methyl sites for hydroxylation is 1. The molecule has 1 aliphatic heterocycles. The van der Waals surface area contributed by atoms with Gasteiger partial charge in [0, 0.05) is 12.1 Å². The van der Waals surface area contributed by atoms with E-state index in [1.807, 2.05) is 26.2 Å². The molecule has 0 spiro atoms. The Kier molecular flexibility index (Phi) is 3.67. The van der Waals surface area contributed by atoms with Crippen LogP contribution in [0.2, 0.25) is 0 Å². The Hall–Kier alpha value is -1.00. The van der Waals surface area contributed by atoms with Crippen LogP contribution in [0.5, 0.6) is 0 Å². The number of hydrogen-bond donors (Lipinski definition) is 1. The Morgan fingerprint density at radius 1 is 1.37 bits per heavy atom. The average Bonchev–Trinajstić information content (AvgIpc) is 2.48. The maximum atomic E-state index is 6.20. The van der Waals surface area contributed by atoms with E-state index in [0.29, 0.717) is 5.92 Å². The van der Waals surface area contributed by atoms with Gasteiger partial charge in [-0.3, -0.25) is 0 Å². The summed E-state index contributed by atoms with van der Waals surface area (Å²) in [5.74, 6) is 1.20. The lowest BCUT2D eigenvalue weighted by molar-refractivity contribution is -0.0778. The van der Waals surface area contributed by atoms with Crippen molar-refractivity contribution in [3.8, 4) is 0 Å². The molecule has 2 atom stereocenters. The highest BCUT2D eigenvalue weighted by Gasteiger charge is 2.49. The van der Waals surface area contributed by atoms with Crippen LogP contribution in [0.15, 0.2) is 12.3 Å². The Morgan fingerprint density at radius 3 is 2.53 bits per heavy atom. The molecule has 106 valence electrons. The summed E-state index contributed by atoms with van der Waals surface area (Å²) >= 11 is 0. The second-order valence-corrected chi connectivity index (χ2v) is 6.57. The molecule has 2 rings (SSSR count). The summed E-state index contributed by atoms with van der Waals surface area (Å²) in [4.78, 5) is 8.75. The molecule has 1 saturated heterocycles. The average molecular weight is 263 g/mol. The van der Waals surface area contributed by atoms with Crippen LogP contribution in [0.1, 0.15) is 51.7 Å². The first-order chi connectivity index (χ1) is 8.75. The van der Waals surface area contributed by atoms with Gasteiger partial charge in [-0.15, -0.1) is 0 Å². The van der Waals surface area contributed by atoms with Crippen molar-refractivity contribution in [3.05, 3.63) is 23.8 Å². The molecule has 0 aliphatic carbocycles. The third-order valence-electron chi connectivity index (χ3n) is 3.97. The van der Waals surface area contributed by atoms with Crippen molar-refractivity contribution in [1.29, 1.82) is 0 Å². The van der Waals surface area contributed by atoms with Crippen molar-refractivity contribution in [2.24, 2.45) is 5.92 Å². The molecule has 1 aromatic heterocycles. The molecule has 1 fully saturated rings. The second kappa shape index (κ2) is 4.84. The molecule has 0 aromatic carbocycles. The van der Waals surface area contributed by atoms with Crippen LogP contribution in [0.25, 0.3) is 0 Å². The van der Waals surface area contributed by atoms with Crippen LogP contribution >= 0.6 is 0 Å². The van der Waals surface area contributed by atoms with Gasteiger partial charge in [-0.1, -0.05) is 0 Å². The van der Waals surface area contributed by atoms with Gasteiger partial charge in [-0.05, 0) is 54.2 Å². The van der Waals surface area contributed by atoms with Gasteiger partial charge >= 0.3 is 0 Å². The predicted molar refractivity (Wildman–Crippen MR) is 75.9 cm³/mol. The van der Waals surface area contributed by atoms with E-state index in [0.717, 1.165) is 17.9 Å². The molecule has 1 aromatic rings. The number of aromatic nitrogens is 2. The van der Waals surface area contributed by atoms with Gasteiger partial charge in [0.25, 0.3) is 0 Å². The lowest BCUT2D eigenvalue weighted by Gasteiger charge is -2.32. The number of nitrogens with one attached hydrogen (secondary N) is 1. The molecule has 4 heteroatoms. The first-order valence-corrected chi connectivity index (χ1v) is 6.92. The molecule has 1 aliphatic rings. The first kappa shape index (κ1) is 14.4. The molecule has 19 heavy (non-hydrogen) atoms. The highest BCUT2D eigenvalue weighted by molar-refractivity contribution is 5.13. The maximum Gasteiger partial charge on any atom is 0.125 e. The minimum Gasteiger partial charge on any atom is -0.369 e. The minimum atomic E-state index is -0.157. The van der Waals surface area contributed by atoms with Crippen LogP contribution in [0, 0.1) is 12.8 Å². The van der Waals surface area contributed by atoms with Crippen LogP contribution in [-0.4, -0.2) is 28.2 Å². The van der Waals surface area contributed by atoms with Gasteiger partial charge in [0.1, 0.15) is 5.82 Å². The zero-order valence-corrected chi connectivity index (χ0v) is 12.8. The number of hydrogen-bond acceptors (Lipinski definition) is 4. The Labute approximate surface area is 116 Å². The Morgan fingerprint density at radius 2 is 2.05 bits per heavy atom. The lowest BCUT2D eigenvalue weighted by atomic mass is 9.80. The van der Waals surface area contributed by atoms with E-state index in [4.69, 9.17) is 4.74 Å². The smallest absolute Gasteiger partial charge is 0.125 e. The second-order valence-electron chi connectivity index (χ2n) is 6.57. The SMILES string of the molecule is CNC(c1ccnc(C)n1)C1CC(C)(C)OC1(C)C. The van der Waals surface area contributed by atoms with E-state index in [9.17, 15) is 0 Å². The minimum absolute atomic E-state index is 0.0780. The van der Waals surface area contributed by atoms with Gasteiger partial charge in [0.05, 0.1) is 22.9 Å².